The average Bonchev–Trinajstić information content (AvgIpc) is 2.79. The lowest BCUT2D eigenvalue weighted by atomic mass is 10.1. The van der Waals surface area contributed by atoms with Gasteiger partial charge in [-0.3, -0.25) is 14.9 Å². The van der Waals surface area contributed by atoms with E-state index in [1.165, 1.54) is 18.2 Å². The van der Waals surface area contributed by atoms with Gasteiger partial charge in [0.05, 0.1) is 13.0 Å². The number of hydrogen-bond donors (Lipinski definition) is 1. The van der Waals surface area contributed by atoms with Gasteiger partial charge in [-0.25, -0.2) is 0 Å². The van der Waals surface area contributed by atoms with E-state index in [-0.39, 0.29) is 17.9 Å². The van der Waals surface area contributed by atoms with Crippen LogP contribution in [0.4, 0.5) is 11.4 Å². The number of ether oxygens (including phenoxy) is 1. The number of rotatable bonds is 7. The zero-order valence-electron chi connectivity index (χ0n) is 17.6. The Morgan fingerprint density at radius 2 is 2.06 bits per heavy atom. The van der Waals surface area contributed by atoms with Crippen molar-refractivity contribution in [2.45, 2.75) is 13.5 Å². The van der Waals surface area contributed by atoms with Gasteiger partial charge in [0.1, 0.15) is 24.0 Å². The number of nitro benzene ring substituents is 1. The van der Waals surface area contributed by atoms with Crippen LogP contribution in [-0.2, 0) is 11.4 Å². The van der Waals surface area contributed by atoms with Crippen LogP contribution in [0, 0.1) is 31.9 Å². The molecule has 0 aliphatic rings. The Hall–Kier alpha value is -2.94. The topological polar surface area (TPSA) is 105 Å². The molecule has 34 heavy (non-hydrogen) atoms. The van der Waals surface area contributed by atoms with Crippen molar-refractivity contribution < 1.29 is 14.5 Å². The maximum absolute atomic E-state index is 12.6. The largest absolute Gasteiger partial charge is 0.487 e. The molecule has 0 radical (unpaired) electrons. The number of nitriles is 1. The minimum atomic E-state index is -0.556. The second-order valence-corrected chi connectivity index (χ2v) is 9.54. The molecule has 172 valence electrons. The van der Waals surface area contributed by atoms with Crippen LogP contribution in [0.3, 0.4) is 0 Å². The molecule has 0 aromatic heterocycles. The summed E-state index contributed by atoms with van der Waals surface area (Å²) in [5.74, 6) is -0.0129. The Balaban J connectivity index is 1.77. The van der Waals surface area contributed by atoms with Gasteiger partial charge in [0.25, 0.3) is 11.6 Å². The Morgan fingerprint density at radius 3 is 2.71 bits per heavy atom. The summed E-state index contributed by atoms with van der Waals surface area (Å²) in [6.45, 7) is 1.99. The molecule has 0 bridgehead atoms. The molecule has 3 rings (SSSR count). The number of non-ortho nitro benzene ring substituents is 1. The third kappa shape index (κ3) is 6.56. The van der Waals surface area contributed by atoms with E-state index in [9.17, 15) is 20.2 Å². The van der Waals surface area contributed by atoms with Gasteiger partial charge in [0.15, 0.2) is 0 Å². The molecule has 0 heterocycles. The fraction of sp³-hybridized carbons (Fsp3) is 0.0833. The molecule has 7 nitrogen and oxygen atoms in total. The quantitative estimate of drug-likeness (QED) is 0.0969. The summed E-state index contributed by atoms with van der Waals surface area (Å²) in [6.07, 6.45) is 1.47. The first-order valence-corrected chi connectivity index (χ1v) is 12.0. The molecule has 0 unspecified atom stereocenters. The molecule has 10 heteroatoms. The van der Waals surface area contributed by atoms with Crippen LogP contribution in [0.2, 0.25) is 5.02 Å². The highest BCUT2D eigenvalue weighted by Gasteiger charge is 2.14. The van der Waals surface area contributed by atoms with Crippen molar-refractivity contribution in [3.8, 4) is 11.8 Å². The minimum Gasteiger partial charge on any atom is -0.487 e. The number of nitro groups is 1. The van der Waals surface area contributed by atoms with E-state index in [0.29, 0.717) is 32.1 Å². The number of nitrogens with zero attached hydrogens (tertiary/aromatic N) is 2. The number of benzene rings is 3. The number of halogens is 3. The number of carbonyl (C=O) groups is 1. The number of amides is 1. The third-order valence-electron chi connectivity index (χ3n) is 4.63. The van der Waals surface area contributed by atoms with Gasteiger partial charge >= 0.3 is 0 Å². The number of nitrogens with one attached hydrogen (secondary N) is 1. The SMILES string of the molecule is Cc1ccc(NC(=O)/C(C#N)=C\c2cc(Br)c(OCc3cccc([N+](=O)[O-])c3)c(I)c2)cc1Cl. The van der Waals surface area contributed by atoms with Gasteiger partial charge in [-0.2, -0.15) is 5.26 Å². The molecule has 0 spiro atoms. The summed E-state index contributed by atoms with van der Waals surface area (Å²) >= 11 is 11.6. The van der Waals surface area contributed by atoms with Crippen molar-refractivity contribution in [1.82, 2.24) is 0 Å². The molecule has 0 aliphatic carbocycles. The fourth-order valence-corrected chi connectivity index (χ4v) is 4.85. The van der Waals surface area contributed by atoms with Gasteiger partial charge in [-0.15, -0.1) is 0 Å². The summed E-state index contributed by atoms with van der Waals surface area (Å²) in [4.78, 5) is 23.1. The molecule has 1 N–H and O–H groups in total. The van der Waals surface area contributed by atoms with E-state index in [1.807, 2.05) is 13.0 Å². The van der Waals surface area contributed by atoms with E-state index in [4.69, 9.17) is 16.3 Å². The first-order valence-electron chi connectivity index (χ1n) is 9.72. The first-order chi connectivity index (χ1) is 16.2. The van der Waals surface area contributed by atoms with Crippen molar-refractivity contribution in [2.75, 3.05) is 5.32 Å². The number of anilines is 1. The molecule has 0 atom stereocenters. The zero-order chi connectivity index (χ0) is 24.8. The van der Waals surface area contributed by atoms with Crippen molar-refractivity contribution in [3.05, 3.63) is 100 Å². The van der Waals surface area contributed by atoms with Crippen molar-refractivity contribution in [1.29, 1.82) is 5.26 Å². The summed E-state index contributed by atoms with van der Waals surface area (Å²) in [5, 5.41) is 23.7. The molecule has 1 amide bonds. The van der Waals surface area contributed by atoms with E-state index < -0.39 is 10.8 Å². The Bertz CT molecular complexity index is 1330. The minimum absolute atomic E-state index is 0.00874. The van der Waals surface area contributed by atoms with Crippen LogP contribution in [0.15, 0.2) is 64.6 Å². The average molecular weight is 653 g/mol. The van der Waals surface area contributed by atoms with Gasteiger partial charge in [0, 0.05) is 22.8 Å². The second kappa shape index (κ2) is 11.5. The van der Waals surface area contributed by atoms with Gasteiger partial charge in [-0.1, -0.05) is 29.8 Å². The lowest BCUT2D eigenvalue weighted by Gasteiger charge is -2.12. The summed E-state index contributed by atoms with van der Waals surface area (Å²) < 4.78 is 7.21. The summed E-state index contributed by atoms with van der Waals surface area (Å²) in [5.41, 5.74) is 2.55. The summed E-state index contributed by atoms with van der Waals surface area (Å²) in [6, 6.07) is 16.7. The Morgan fingerprint density at radius 1 is 1.29 bits per heavy atom. The highest BCUT2D eigenvalue weighted by molar-refractivity contribution is 14.1. The third-order valence-corrected chi connectivity index (χ3v) is 6.43. The highest BCUT2D eigenvalue weighted by atomic mass is 127. The molecular formula is C24H16BrClIN3O4. The lowest BCUT2D eigenvalue weighted by molar-refractivity contribution is -0.384. The van der Waals surface area contributed by atoms with E-state index in [1.54, 1.807) is 42.5 Å². The van der Waals surface area contributed by atoms with Gasteiger partial charge in [0.2, 0.25) is 0 Å². The fourth-order valence-electron chi connectivity index (χ4n) is 2.90. The standard InChI is InChI=1S/C24H16BrClIN3O4/c1-14-5-6-18(11-21(14)26)29-24(31)17(12-28)7-16-9-20(25)23(22(27)10-16)34-13-15-3-2-4-19(8-15)30(32)33/h2-11H,13H2,1H3,(H,29,31)/b17-7-. The lowest BCUT2D eigenvalue weighted by Crippen LogP contribution is -2.13. The Kier molecular flexibility index (Phi) is 8.66. The molecule has 0 saturated heterocycles. The van der Waals surface area contributed by atoms with E-state index in [2.05, 4.69) is 43.8 Å². The molecule has 0 aliphatic heterocycles. The number of aryl methyl sites for hydroxylation is 1. The van der Waals surface area contributed by atoms with E-state index in [0.717, 1.165) is 9.13 Å². The first kappa shape index (κ1) is 25.7. The predicted octanol–water partition coefficient (Wildman–Crippen LogP) is 7.05. The predicted molar refractivity (Wildman–Crippen MR) is 143 cm³/mol. The van der Waals surface area contributed by atoms with Crippen LogP contribution in [0.5, 0.6) is 5.75 Å². The van der Waals surface area contributed by atoms with Crippen LogP contribution in [0.1, 0.15) is 16.7 Å². The molecular weight excluding hydrogens is 637 g/mol. The van der Waals surface area contributed by atoms with Crippen molar-refractivity contribution in [2.24, 2.45) is 0 Å². The van der Waals surface area contributed by atoms with Gasteiger partial charge < -0.3 is 10.1 Å². The molecule has 0 fully saturated rings. The van der Waals surface area contributed by atoms with Crippen molar-refractivity contribution >= 4 is 73.5 Å². The smallest absolute Gasteiger partial charge is 0.269 e. The summed E-state index contributed by atoms with van der Waals surface area (Å²) in [7, 11) is 0. The molecule has 0 saturated carbocycles. The molecule has 3 aromatic carbocycles. The van der Waals surface area contributed by atoms with E-state index >= 15 is 0 Å². The van der Waals surface area contributed by atoms with Gasteiger partial charge in [-0.05, 0) is 92.5 Å². The second-order valence-electron chi connectivity index (χ2n) is 7.12. The molecule has 3 aromatic rings. The zero-order valence-corrected chi connectivity index (χ0v) is 22.1. The monoisotopic (exact) mass is 651 g/mol. The van der Waals surface area contributed by atoms with Crippen LogP contribution >= 0.6 is 50.1 Å². The number of carbonyl (C=O) groups excluding carboxylic acids is 1. The van der Waals surface area contributed by atoms with Crippen LogP contribution < -0.4 is 10.1 Å². The maximum atomic E-state index is 12.6. The normalized spacial score (nSPS) is 11.0. The Labute approximate surface area is 222 Å². The van der Waals surface area contributed by atoms with Crippen LogP contribution in [0.25, 0.3) is 6.08 Å². The highest BCUT2D eigenvalue weighted by Crippen LogP contribution is 2.33. The number of hydrogen-bond acceptors (Lipinski definition) is 5. The maximum Gasteiger partial charge on any atom is 0.269 e. The van der Waals surface area contributed by atoms with Crippen molar-refractivity contribution in [3.63, 3.8) is 0 Å². The van der Waals surface area contributed by atoms with Crippen LogP contribution in [-0.4, -0.2) is 10.8 Å².